The van der Waals surface area contributed by atoms with Crippen LogP contribution in [0.2, 0.25) is 0 Å². The summed E-state index contributed by atoms with van der Waals surface area (Å²) in [5.41, 5.74) is 1.34. The smallest absolute Gasteiger partial charge is 0.326 e. The lowest BCUT2D eigenvalue weighted by atomic mass is 9.98. The van der Waals surface area contributed by atoms with E-state index in [1.807, 2.05) is 0 Å². The third kappa shape index (κ3) is 3.84. The van der Waals surface area contributed by atoms with Gasteiger partial charge in [-0.05, 0) is 24.1 Å². The van der Waals surface area contributed by atoms with Gasteiger partial charge in [0.2, 0.25) is 5.91 Å². The summed E-state index contributed by atoms with van der Waals surface area (Å²) in [5.74, 6) is -1.78. The number of nitrogens with zero attached hydrogens (tertiary/aromatic N) is 2. The van der Waals surface area contributed by atoms with Crippen LogP contribution >= 0.6 is 0 Å². The fraction of sp³-hybridized carbons (Fsp3) is 0.211. The van der Waals surface area contributed by atoms with Crippen LogP contribution in [0.15, 0.2) is 48.5 Å². The molecule has 1 aliphatic heterocycles. The van der Waals surface area contributed by atoms with Crippen LogP contribution in [-0.4, -0.2) is 34.2 Å². The van der Waals surface area contributed by atoms with Gasteiger partial charge in [-0.3, -0.25) is 29.4 Å². The number of hydrogen-bond acceptors (Lipinski definition) is 6. The topological polar surface area (TPSA) is 107 Å². The molecular formula is C19H16N2O6. The number of nitro groups is 1. The van der Waals surface area contributed by atoms with Gasteiger partial charge in [0.1, 0.15) is 12.6 Å². The molecule has 1 atom stereocenters. The average molecular weight is 368 g/mol. The number of esters is 1. The molecule has 2 aromatic carbocycles. The molecule has 1 heterocycles. The zero-order valence-electron chi connectivity index (χ0n) is 14.5. The standard InChI is InChI=1S/C19H16N2O6/c1-12(13-6-4-7-15(9-13)21(25)26)27-18(23)11-20-17(22)10-14-5-2-3-8-16(14)19(20)24/h2-9,12H,10-11H2,1H3/t12-/m0/s1. The van der Waals surface area contributed by atoms with Crippen LogP contribution in [0, 0.1) is 10.1 Å². The summed E-state index contributed by atoms with van der Waals surface area (Å²) >= 11 is 0. The van der Waals surface area contributed by atoms with E-state index >= 15 is 0 Å². The third-order valence-corrected chi connectivity index (χ3v) is 4.28. The minimum Gasteiger partial charge on any atom is -0.456 e. The monoisotopic (exact) mass is 368 g/mol. The summed E-state index contributed by atoms with van der Waals surface area (Å²) in [4.78, 5) is 48.1. The fourth-order valence-electron chi connectivity index (χ4n) is 2.88. The van der Waals surface area contributed by atoms with Crippen LogP contribution in [0.25, 0.3) is 0 Å². The summed E-state index contributed by atoms with van der Waals surface area (Å²) < 4.78 is 5.25. The number of carbonyl (C=O) groups is 3. The predicted octanol–water partition coefficient (Wildman–Crippen LogP) is 2.42. The number of nitro benzene ring substituents is 1. The maximum absolute atomic E-state index is 12.5. The lowest BCUT2D eigenvalue weighted by Crippen LogP contribution is -2.45. The predicted molar refractivity (Wildman–Crippen MR) is 93.8 cm³/mol. The molecule has 2 aromatic rings. The number of ether oxygens (including phenoxy) is 1. The lowest BCUT2D eigenvalue weighted by molar-refractivity contribution is -0.385. The molecular weight excluding hydrogens is 352 g/mol. The molecule has 0 bridgehead atoms. The van der Waals surface area contributed by atoms with E-state index in [1.165, 1.54) is 18.2 Å². The van der Waals surface area contributed by atoms with Crippen molar-refractivity contribution in [2.24, 2.45) is 0 Å². The van der Waals surface area contributed by atoms with Crippen LogP contribution < -0.4 is 0 Å². The molecule has 1 aliphatic rings. The number of non-ortho nitro benzene ring substituents is 1. The van der Waals surface area contributed by atoms with Crippen LogP contribution in [0.4, 0.5) is 5.69 Å². The highest BCUT2D eigenvalue weighted by Gasteiger charge is 2.32. The van der Waals surface area contributed by atoms with Crippen molar-refractivity contribution in [3.05, 3.63) is 75.3 Å². The van der Waals surface area contributed by atoms with Crippen LogP contribution in [-0.2, 0) is 20.7 Å². The molecule has 138 valence electrons. The maximum atomic E-state index is 12.5. The third-order valence-electron chi connectivity index (χ3n) is 4.28. The van der Waals surface area contributed by atoms with Crippen molar-refractivity contribution < 1.29 is 24.0 Å². The Hall–Kier alpha value is -3.55. The number of fused-ring (bicyclic) bond motifs is 1. The molecule has 27 heavy (non-hydrogen) atoms. The lowest BCUT2D eigenvalue weighted by Gasteiger charge is -2.26. The molecule has 0 aromatic heterocycles. The van der Waals surface area contributed by atoms with Crippen LogP contribution in [0.5, 0.6) is 0 Å². The van der Waals surface area contributed by atoms with Gasteiger partial charge in [-0.25, -0.2) is 0 Å². The molecule has 0 saturated heterocycles. The zero-order chi connectivity index (χ0) is 19.6. The maximum Gasteiger partial charge on any atom is 0.326 e. The zero-order valence-corrected chi connectivity index (χ0v) is 14.5. The van der Waals surface area contributed by atoms with Gasteiger partial charge in [-0.2, -0.15) is 0 Å². The second-order valence-electron chi connectivity index (χ2n) is 6.10. The Morgan fingerprint density at radius 3 is 2.70 bits per heavy atom. The van der Waals surface area contributed by atoms with Gasteiger partial charge in [-0.1, -0.05) is 30.3 Å². The van der Waals surface area contributed by atoms with E-state index in [0.29, 0.717) is 16.7 Å². The summed E-state index contributed by atoms with van der Waals surface area (Å²) in [6.07, 6.45) is -0.727. The first-order chi connectivity index (χ1) is 12.9. The average Bonchev–Trinajstić information content (AvgIpc) is 2.65. The van der Waals surface area contributed by atoms with E-state index in [4.69, 9.17) is 4.74 Å². The van der Waals surface area contributed by atoms with Crippen molar-refractivity contribution in [2.75, 3.05) is 6.54 Å². The molecule has 8 heteroatoms. The van der Waals surface area contributed by atoms with Gasteiger partial charge in [0.25, 0.3) is 11.6 Å². The first-order valence-corrected chi connectivity index (χ1v) is 8.23. The quantitative estimate of drug-likeness (QED) is 0.347. The molecule has 0 unspecified atom stereocenters. The Kier molecular flexibility index (Phi) is 4.98. The van der Waals surface area contributed by atoms with Gasteiger partial charge in [0.15, 0.2) is 0 Å². The summed E-state index contributed by atoms with van der Waals surface area (Å²) in [6, 6.07) is 12.5. The van der Waals surface area contributed by atoms with Crippen LogP contribution in [0.3, 0.4) is 0 Å². The van der Waals surface area contributed by atoms with Crippen molar-refractivity contribution in [1.29, 1.82) is 0 Å². The van der Waals surface area contributed by atoms with E-state index in [2.05, 4.69) is 0 Å². The molecule has 0 aliphatic carbocycles. The Labute approximate surface area is 154 Å². The van der Waals surface area contributed by atoms with E-state index in [0.717, 1.165) is 4.90 Å². The second kappa shape index (κ2) is 7.36. The fourth-order valence-corrected chi connectivity index (χ4v) is 2.88. The SMILES string of the molecule is C[C@H](OC(=O)CN1C(=O)Cc2ccccc2C1=O)c1cccc([N+](=O)[O-])c1. The second-order valence-corrected chi connectivity index (χ2v) is 6.10. The first-order valence-electron chi connectivity index (χ1n) is 8.23. The van der Waals surface area contributed by atoms with Crippen molar-refractivity contribution in [3.63, 3.8) is 0 Å². The van der Waals surface area contributed by atoms with Crippen molar-refractivity contribution in [2.45, 2.75) is 19.4 Å². The molecule has 3 rings (SSSR count). The molecule has 0 spiro atoms. The summed E-state index contributed by atoms with van der Waals surface area (Å²) in [5, 5.41) is 10.8. The van der Waals surface area contributed by atoms with Gasteiger partial charge in [0, 0.05) is 17.7 Å². The van der Waals surface area contributed by atoms with Gasteiger partial charge in [0.05, 0.1) is 11.3 Å². The number of carbonyl (C=O) groups excluding carboxylic acids is 3. The Morgan fingerprint density at radius 1 is 1.22 bits per heavy atom. The molecule has 2 amide bonds. The Bertz CT molecular complexity index is 939. The van der Waals surface area contributed by atoms with Gasteiger partial charge < -0.3 is 4.74 Å². The van der Waals surface area contributed by atoms with E-state index in [-0.39, 0.29) is 12.1 Å². The highest BCUT2D eigenvalue weighted by Crippen LogP contribution is 2.23. The largest absolute Gasteiger partial charge is 0.456 e. The van der Waals surface area contributed by atoms with Gasteiger partial charge >= 0.3 is 5.97 Å². The summed E-state index contributed by atoms with van der Waals surface area (Å²) in [6.45, 7) is 1.05. The molecule has 8 nitrogen and oxygen atoms in total. The van der Waals surface area contributed by atoms with Crippen molar-refractivity contribution in [3.8, 4) is 0 Å². The van der Waals surface area contributed by atoms with E-state index in [1.54, 1.807) is 37.3 Å². The van der Waals surface area contributed by atoms with Crippen LogP contribution in [0.1, 0.15) is 34.5 Å². The first kappa shape index (κ1) is 18.2. The molecule has 0 radical (unpaired) electrons. The normalized spacial score (nSPS) is 14.5. The number of imide groups is 1. The number of rotatable bonds is 5. The Morgan fingerprint density at radius 2 is 1.96 bits per heavy atom. The molecule has 0 N–H and O–H groups in total. The minimum absolute atomic E-state index is 0.0373. The number of hydrogen-bond donors (Lipinski definition) is 0. The van der Waals surface area contributed by atoms with E-state index in [9.17, 15) is 24.5 Å². The van der Waals surface area contributed by atoms with Crippen molar-refractivity contribution >= 4 is 23.5 Å². The Balaban J connectivity index is 1.69. The molecule has 0 saturated carbocycles. The van der Waals surface area contributed by atoms with E-state index < -0.39 is 35.4 Å². The minimum atomic E-state index is -0.768. The number of benzene rings is 2. The van der Waals surface area contributed by atoms with Crippen molar-refractivity contribution in [1.82, 2.24) is 4.90 Å². The highest BCUT2D eigenvalue weighted by atomic mass is 16.6. The molecule has 0 fully saturated rings. The summed E-state index contributed by atoms with van der Waals surface area (Å²) in [7, 11) is 0. The number of amides is 2. The van der Waals surface area contributed by atoms with Gasteiger partial charge in [-0.15, -0.1) is 0 Å². The highest BCUT2D eigenvalue weighted by molar-refractivity contribution is 6.11.